The van der Waals surface area contributed by atoms with Gasteiger partial charge in [-0.15, -0.1) is 0 Å². The molecule has 2 rings (SSSR count). The molecule has 198 valence electrons. The molecule has 1 fully saturated rings. The van der Waals surface area contributed by atoms with Crippen LogP contribution in [0.4, 0.5) is 17.8 Å². The van der Waals surface area contributed by atoms with Crippen molar-refractivity contribution in [1.82, 2.24) is 24.8 Å². The van der Waals surface area contributed by atoms with Gasteiger partial charge in [-0.25, -0.2) is 0 Å². The maximum atomic E-state index is 4.80. The third-order valence-electron chi connectivity index (χ3n) is 6.21. The zero-order chi connectivity index (χ0) is 26.3. The molecule has 8 heteroatoms. The van der Waals surface area contributed by atoms with Crippen molar-refractivity contribution in [2.45, 2.75) is 34.1 Å². The fraction of sp³-hybridized carbons (Fsp3) is 0.536. The zero-order valence-electron chi connectivity index (χ0n) is 23.1. The van der Waals surface area contributed by atoms with E-state index in [1.165, 1.54) is 11.1 Å². The van der Waals surface area contributed by atoms with E-state index in [2.05, 4.69) is 90.4 Å². The molecule has 0 bridgehead atoms. The molecule has 1 aromatic heterocycles. The number of nitrogens with one attached hydrogen (secondary N) is 2. The molecular weight excluding hydrogens is 448 g/mol. The summed E-state index contributed by atoms with van der Waals surface area (Å²) in [5.41, 5.74) is 3.60. The summed E-state index contributed by atoms with van der Waals surface area (Å²) in [6.07, 6.45) is 10.9. The molecule has 2 N–H and O–H groups in total. The Kier molecular flexibility index (Phi) is 12.9. The second-order valence-electron chi connectivity index (χ2n) is 9.23. The van der Waals surface area contributed by atoms with Crippen LogP contribution in [0.3, 0.4) is 0 Å². The molecule has 0 atom stereocenters. The number of aromatic nitrogens is 3. The highest BCUT2D eigenvalue weighted by Crippen LogP contribution is 2.17. The average molecular weight is 495 g/mol. The summed E-state index contributed by atoms with van der Waals surface area (Å²) in [6, 6.07) is 0. The van der Waals surface area contributed by atoms with Crippen LogP contribution in [-0.2, 0) is 0 Å². The molecule has 0 unspecified atom stereocenters. The highest BCUT2D eigenvalue weighted by molar-refractivity contribution is 5.46. The molecule has 36 heavy (non-hydrogen) atoms. The summed E-state index contributed by atoms with van der Waals surface area (Å²) < 4.78 is 0. The van der Waals surface area contributed by atoms with E-state index in [0.717, 1.165) is 57.8 Å². The van der Waals surface area contributed by atoms with Crippen LogP contribution in [0.2, 0.25) is 0 Å². The normalized spacial score (nSPS) is 15.1. The van der Waals surface area contributed by atoms with Crippen molar-refractivity contribution >= 4 is 17.8 Å². The maximum Gasteiger partial charge on any atom is 0.232 e. The summed E-state index contributed by atoms with van der Waals surface area (Å²) in [7, 11) is 2.18. The van der Waals surface area contributed by atoms with Crippen LogP contribution in [0.1, 0.15) is 34.1 Å². The van der Waals surface area contributed by atoms with Gasteiger partial charge in [0.2, 0.25) is 17.8 Å². The van der Waals surface area contributed by atoms with Gasteiger partial charge in [0.25, 0.3) is 0 Å². The third kappa shape index (κ3) is 9.95. The molecule has 0 saturated carbocycles. The molecule has 1 aliphatic heterocycles. The van der Waals surface area contributed by atoms with Crippen molar-refractivity contribution in [3.8, 4) is 0 Å². The number of likely N-dealkylation sites (N-methyl/N-ethyl adjacent to an activating group) is 2. The van der Waals surface area contributed by atoms with Crippen LogP contribution >= 0.6 is 0 Å². The second kappa shape index (κ2) is 15.9. The summed E-state index contributed by atoms with van der Waals surface area (Å²) in [4.78, 5) is 21.3. The lowest BCUT2D eigenvalue weighted by Gasteiger charge is -2.32. The zero-order valence-corrected chi connectivity index (χ0v) is 23.1. The summed E-state index contributed by atoms with van der Waals surface area (Å²) >= 11 is 0. The van der Waals surface area contributed by atoms with Crippen molar-refractivity contribution < 1.29 is 0 Å². The molecule has 2 heterocycles. The lowest BCUT2D eigenvalue weighted by atomic mass is 10.1. The molecular formula is C28H46N8. The third-order valence-corrected chi connectivity index (χ3v) is 6.21. The van der Waals surface area contributed by atoms with E-state index in [4.69, 9.17) is 9.97 Å². The van der Waals surface area contributed by atoms with E-state index < -0.39 is 0 Å². The second-order valence-corrected chi connectivity index (χ2v) is 9.23. The molecule has 1 saturated heterocycles. The van der Waals surface area contributed by atoms with E-state index >= 15 is 0 Å². The average Bonchev–Trinajstić information content (AvgIpc) is 2.87. The number of hydrogen-bond acceptors (Lipinski definition) is 8. The van der Waals surface area contributed by atoms with Gasteiger partial charge >= 0.3 is 0 Å². The van der Waals surface area contributed by atoms with Crippen molar-refractivity contribution in [1.29, 1.82) is 0 Å². The number of rotatable bonds is 15. The van der Waals surface area contributed by atoms with Gasteiger partial charge in [0, 0.05) is 58.9 Å². The predicted octanol–water partition coefficient (Wildman–Crippen LogP) is 4.37. The molecule has 0 radical (unpaired) electrons. The molecule has 8 nitrogen and oxygen atoms in total. The van der Waals surface area contributed by atoms with Crippen LogP contribution in [0.5, 0.6) is 0 Å². The molecule has 0 amide bonds. The van der Waals surface area contributed by atoms with Crippen LogP contribution < -0.4 is 15.5 Å². The van der Waals surface area contributed by atoms with E-state index in [1.54, 1.807) is 6.08 Å². The largest absolute Gasteiger partial charge is 0.353 e. The monoisotopic (exact) mass is 494 g/mol. The molecule has 0 spiro atoms. The van der Waals surface area contributed by atoms with E-state index in [0.29, 0.717) is 30.9 Å². The van der Waals surface area contributed by atoms with Gasteiger partial charge in [0.15, 0.2) is 0 Å². The molecule has 1 aromatic rings. The Morgan fingerprint density at radius 3 is 2.31 bits per heavy atom. The minimum Gasteiger partial charge on any atom is -0.353 e. The van der Waals surface area contributed by atoms with Crippen molar-refractivity contribution in [3.05, 3.63) is 60.3 Å². The minimum atomic E-state index is 0.560. The number of hydrogen-bond donors (Lipinski definition) is 2. The molecule has 1 aliphatic rings. The predicted molar refractivity (Wildman–Crippen MR) is 155 cm³/mol. The Hall–Kier alpha value is -2.97. The van der Waals surface area contributed by atoms with Crippen molar-refractivity contribution in [2.75, 3.05) is 81.5 Å². The van der Waals surface area contributed by atoms with E-state index in [1.807, 2.05) is 12.2 Å². The van der Waals surface area contributed by atoms with Crippen LogP contribution in [0.25, 0.3) is 0 Å². The Morgan fingerprint density at radius 2 is 1.72 bits per heavy atom. The first-order chi connectivity index (χ1) is 17.4. The Labute approximate surface area is 218 Å². The SMILES string of the molecule is C=C/C=C\C(CN(CC)c1nc(NCCN2CCN(C)CC2)nc(NC/C(C=C)=C/CC)n1)=C(C)C. The van der Waals surface area contributed by atoms with Gasteiger partial charge in [0.05, 0.1) is 0 Å². The fourth-order valence-electron chi connectivity index (χ4n) is 3.82. The highest BCUT2D eigenvalue weighted by atomic mass is 15.3. The quantitative estimate of drug-likeness (QED) is 0.348. The highest BCUT2D eigenvalue weighted by Gasteiger charge is 2.16. The molecule has 0 aliphatic carbocycles. The Balaban J connectivity index is 2.23. The number of anilines is 3. The van der Waals surface area contributed by atoms with Gasteiger partial charge in [0.1, 0.15) is 0 Å². The van der Waals surface area contributed by atoms with Crippen LogP contribution in [-0.4, -0.2) is 90.7 Å². The lowest BCUT2D eigenvalue weighted by Crippen LogP contribution is -2.45. The number of piperazine rings is 1. The summed E-state index contributed by atoms with van der Waals surface area (Å²) in [5, 5.41) is 6.81. The van der Waals surface area contributed by atoms with Gasteiger partial charge in [-0.1, -0.05) is 56.0 Å². The van der Waals surface area contributed by atoms with Crippen LogP contribution in [0.15, 0.2) is 60.3 Å². The van der Waals surface area contributed by atoms with Gasteiger partial charge in [-0.05, 0) is 45.4 Å². The Bertz CT molecular complexity index is 921. The number of allylic oxidation sites excluding steroid dienone is 4. The standard InChI is InChI=1S/C28H46N8/c1-8-12-14-25(23(5)6)22-36(11-4)28-32-26(29-15-16-35-19-17-34(7)18-20-35)31-27(33-28)30-21-24(10-3)13-9-2/h8,10,12-14H,1,3,9,11,15-22H2,2,4-7H3,(H2,29,30,31,32,33)/b14-12-,24-13+. The first kappa shape index (κ1) is 29.3. The lowest BCUT2D eigenvalue weighted by molar-refractivity contribution is 0.158. The topological polar surface area (TPSA) is 72.5 Å². The first-order valence-electron chi connectivity index (χ1n) is 13.1. The fourth-order valence-corrected chi connectivity index (χ4v) is 3.82. The first-order valence-corrected chi connectivity index (χ1v) is 13.1. The van der Waals surface area contributed by atoms with Crippen LogP contribution in [0, 0.1) is 0 Å². The Morgan fingerprint density at radius 1 is 1.03 bits per heavy atom. The molecule has 0 aromatic carbocycles. The summed E-state index contributed by atoms with van der Waals surface area (Å²) in [5.74, 6) is 1.81. The van der Waals surface area contributed by atoms with E-state index in [9.17, 15) is 0 Å². The van der Waals surface area contributed by atoms with E-state index in [-0.39, 0.29) is 0 Å². The smallest absolute Gasteiger partial charge is 0.232 e. The number of nitrogens with zero attached hydrogens (tertiary/aromatic N) is 6. The van der Waals surface area contributed by atoms with Crippen molar-refractivity contribution in [3.63, 3.8) is 0 Å². The maximum absolute atomic E-state index is 4.80. The van der Waals surface area contributed by atoms with Gasteiger partial charge in [-0.2, -0.15) is 15.0 Å². The van der Waals surface area contributed by atoms with Crippen molar-refractivity contribution in [2.24, 2.45) is 0 Å². The summed E-state index contributed by atoms with van der Waals surface area (Å²) in [6.45, 7) is 24.5. The minimum absolute atomic E-state index is 0.560. The van der Waals surface area contributed by atoms with Gasteiger partial charge in [-0.3, -0.25) is 4.90 Å². The van der Waals surface area contributed by atoms with Gasteiger partial charge < -0.3 is 20.4 Å².